The van der Waals surface area contributed by atoms with Gasteiger partial charge in [0.1, 0.15) is 11.6 Å². The molecule has 6 heteroatoms. The van der Waals surface area contributed by atoms with Crippen LogP contribution in [0.15, 0.2) is 47.2 Å². The Morgan fingerprint density at radius 2 is 1.96 bits per heavy atom. The average molecular weight is 327 g/mol. The summed E-state index contributed by atoms with van der Waals surface area (Å²) < 4.78 is 32.9. The molecule has 0 fully saturated rings. The van der Waals surface area contributed by atoms with Gasteiger partial charge in [0, 0.05) is 43.4 Å². The molecule has 0 saturated carbocycles. The van der Waals surface area contributed by atoms with Gasteiger partial charge in [-0.25, -0.2) is 18.7 Å². The molecular formula is C18H15F2N3O. The lowest BCUT2D eigenvalue weighted by atomic mass is 10.1. The molecule has 1 aliphatic heterocycles. The highest BCUT2D eigenvalue weighted by atomic mass is 19.1. The molecule has 1 aromatic carbocycles. The van der Waals surface area contributed by atoms with Gasteiger partial charge < -0.3 is 4.42 Å². The first-order chi connectivity index (χ1) is 11.7. The third-order valence-electron chi connectivity index (χ3n) is 4.20. The van der Waals surface area contributed by atoms with E-state index in [1.165, 1.54) is 18.2 Å². The van der Waals surface area contributed by atoms with E-state index in [-0.39, 0.29) is 12.1 Å². The molecule has 0 saturated heterocycles. The molecule has 1 aliphatic rings. The molecule has 3 heterocycles. The third-order valence-corrected chi connectivity index (χ3v) is 4.20. The van der Waals surface area contributed by atoms with Crippen LogP contribution in [0.25, 0.3) is 11.6 Å². The van der Waals surface area contributed by atoms with E-state index in [1.807, 2.05) is 11.0 Å². The summed E-state index contributed by atoms with van der Waals surface area (Å²) in [5.41, 5.74) is 2.05. The summed E-state index contributed by atoms with van der Waals surface area (Å²) in [5, 5.41) is 0. The minimum Gasteiger partial charge on any atom is -0.461 e. The Morgan fingerprint density at radius 3 is 2.71 bits per heavy atom. The van der Waals surface area contributed by atoms with Crippen LogP contribution in [0.2, 0.25) is 0 Å². The Bertz CT molecular complexity index is 844. The molecule has 3 aromatic rings. The minimum absolute atomic E-state index is 0.106. The number of hydrogen-bond donors (Lipinski definition) is 0. The van der Waals surface area contributed by atoms with Gasteiger partial charge in [0.25, 0.3) is 0 Å². The minimum atomic E-state index is -0.509. The second-order valence-electron chi connectivity index (χ2n) is 5.80. The van der Waals surface area contributed by atoms with Crippen molar-refractivity contribution in [1.29, 1.82) is 0 Å². The molecule has 0 radical (unpaired) electrons. The average Bonchev–Trinajstić information content (AvgIpc) is 3.12. The monoisotopic (exact) mass is 327 g/mol. The summed E-state index contributed by atoms with van der Waals surface area (Å²) in [4.78, 5) is 10.9. The lowest BCUT2D eigenvalue weighted by molar-refractivity contribution is 0.236. The second kappa shape index (κ2) is 6.13. The standard InChI is InChI=1S/C18H15F2N3O/c19-14-3-1-4-15(20)13(14)11-23-7-6-16-12(10-23)9-21-18(22-16)17-5-2-8-24-17/h1-5,8-9H,6-7,10-11H2. The fraction of sp³-hybridized carbons (Fsp3) is 0.222. The first kappa shape index (κ1) is 15.0. The summed E-state index contributed by atoms with van der Waals surface area (Å²) in [7, 11) is 0. The molecule has 0 spiro atoms. The van der Waals surface area contributed by atoms with Gasteiger partial charge in [0.2, 0.25) is 0 Å². The molecule has 0 N–H and O–H groups in total. The van der Waals surface area contributed by atoms with Crippen molar-refractivity contribution in [2.24, 2.45) is 0 Å². The Hall–Kier alpha value is -2.60. The molecule has 4 rings (SSSR count). The van der Waals surface area contributed by atoms with Crippen LogP contribution in [0.3, 0.4) is 0 Å². The molecule has 0 bridgehead atoms. The predicted molar refractivity (Wildman–Crippen MR) is 83.9 cm³/mol. The van der Waals surface area contributed by atoms with E-state index in [9.17, 15) is 8.78 Å². The SMILES string of the molecule is Fc1cccc(F)c1CN1CCc2nc(-c3ccco3)ncc2C1. The van der Waals surface area contributed by atoms with Gasteiger partial charge in [-0.05, 0) is 24.3 Å². The van der Waals surface area contributed by atoms with Gasteiger partial charge in [-0.15, -0.1) is 0 Å². The quantitative estimate of drug-likeness (QED) is 0.737. The van der Waals surface area contributed by atoms with Gasteiger partial charge in [-0.2, -0.15) is 0 Å². The van der Waals surface area contributed by atoms with E-state index >= 15 is 0 Å². The largest absolute Gasteiger partial charge is 0.461 e. The summed E-state index contributed by atoms with van der Waals surface area (Å²) >= 11 is 0. The molecule has 0 amide bonds. The Balaban J connectivity index is 1.54. The van der Waals surface area contributed by atoms with Crippen LogP contribution in [0.5, 0.6) is 0 Å². The molecule has 0 atom stereocenters. The molecule has 122 valence electrons. The molecule has 0 aliphatic carbocycles. The molecule has 0 unspecified atom stereocenters. The summed E-state index contributed by atoms with van der Waals surface area (Å²) in [6.07, 6.45) is 4.06. The summed E-state index contributed by atoms with van der Waals surface area (Å²) in [6, 6.07) is 7.56. The van der Waals surface area contributed by atoms with E-state index < -0.39 is 11.6 Å². The van der Waals surface area contributed by atoms with Crippen LogP contribution in [0.4, 0.5) is 8.78 Å². The first-order valence-electron chi connectivity index (χ1n) is 7.74. The van der Waals surface area contributed by atoms with Gasteiger partial charge in [-0.3, -0.25) is 4.90 Å². The van der Waals surface area contributed by atoms with Crippen LogP contribution in [-0.4, -0.2) is 21.4 Å². The number of benzene rings is 1. The molecule has 2 aromatic heterocycles. The zero-order valence-electron chi connectivity index (χ0n) is 12.9. The zero-order valence-corrected chi connectivity index (χ0v) is 12.9. The summed E-state index contributed by atoms with van der Waals surface area (Å²) in [6.45, 7) is 1.49. The maximum atomic E-state index is 13.8. The van der Waals surface area contributed by atoms with Crippen molar-refractivity contribution < 1.29 is 13.2 Å². The van der Waals surface area contributed by atoms with Crippen molar-refractivity contribution in [3.8, 4) is 11.6 Å². The Morgan fingerprint density at radius 1 is 1.12 bits per heavy atom. The van der Waals surface area contributed by atoms with Gasteiger partial charge >= 0.3 is 0 Å². The van der Waals surface area contributed by atoms with Crippen LogP contribution in [0, 0.1) is 11.6 Å². The van der Waals surface area contributed by atoms with Crippen LogP contribution >= 0.6 is 0 Å². The van der Waals surface area contributed by atoms with Crippen molar-refractivity contribution in [2.75, 3.05) is 6.54 Å². The number of hydrogen-bond acceptors (Lipinski definition) is 4. The van der Waals surface area contributed by atoms with Crippen LogP contribution in [-0.2, 0) is 19.5 Å². The Kier molecular flexibility index (Phi) is 3.82. The fourth-order valence-electron chi connectivity index (χ4n) is 2.94. The summed E-state index contributed by atoms with van der Waals surface area (Å²) in [5.74, 6) is 0.177. The zero-order chi connectivity index (χ0) is 16.5. The highest BCUT2D eigenvalue weighted by Crippen LogP contribution is 2.23. The van der Waals surface area contributed by atoms with Gasteiger partial charge in [0.05, 0.1) is 12.0 Å². The van der Waals surface area contributed by atoms with E-state index in [0.29, 0.717) is 31.1 Å². The number of furan rings is 1. The van der Waals surface area contributed by atoms with Crippen LogP contribution in [0.1, 0.15) is 16.8 Å². The van der Waals surface area contributed by atoms with Crippen molar-refractivity contribution in [2.45, 2.75) is 19.5 Å². The van der Waals surface area contributed by atoms with Crippen molar-refractivity contribution >= 4 is 0 Å². The van der Waals surface area contributed by atoms with Gasteiger partial charge in [0.15, 0.2) is 11.6 Å². The number of rotatable bonds is 3. The number of halogens is 2. The molecule has 4 nitrogen and oxygen atoms in total. The Labute approximate surface area is 137 Å². The van der Waals surface area contributed by atoms with E-state index in [0.717, 1.165) is 11.3 Å². The third kappa shape index (κ3) is 2.80. The highest BCUT2D eigenvalue weighted by molar-refractivity contribution is 5.47. The van der Waals surface area contributed by atoms with Crippen LogP contribution < -0.4 is 0 Å². The lowest BCUT2D eigenvalue weighted by Crippen LogP contribution is -2.31. The van der Waals surface area contributed by atoms with Crippen molar-refractivity contribution in [3.63, 3.8) is 0 Å². The van der Waals surface area contributed by atoms with E-state index in [2.05, 4.69) is 9.97 Å². The molecule has 24 heavy (non-hydrogen) atoms. The number of aromatic nitrogens is 2. The normalized spacial score (nSPS) is 14.6. The lowest BCUT2D eigenvalue weighted by Gasteiger charge is -2.28. The van der Waals surface area contributed by atoms with Crippen molar-refractivity contribution in [1.82, 2.24) is 14.9 Å². The second-order valence-corrected chi connectivity index (χ2v) is 5.80. The highest BCUT2D eigenvalue weighted by Gasteiger charge is 2.21. The maximum absolute atomic E-state index is 13.8. The number of nitrogens with zero attached hydrogens (tertiary/aromatic N) is 3. The number of fused-ring (bicyclic) bond motifs is 1. The maximum Gasteiger partial charge on any atom is 0.195 e. The van der Waals surface area contributed by atoms with Gasteiger partial charge in [-0.1, -0.05) is 6.07 Å². The fourth-order valence-corrected chi connectivity index (χ4v) is 2.94. The van der Waals surface area contributed by atoms with Crippen molar-refractivity contribution in [3.05, 3.63) is 71.2 Å². The topological polar surface area (TPSA) is 42.2 Å². The predicted octanol–water partition coefficient (Wildman–Crippen LogP) is 3.57. The molecular weight excluding hydrogens is 312 g/mol. The van der Waals surface area contributed by atoms with E-state index in [4.69, 9.17) is 4.42 Å². The first-order valence-corrected chi connectivity index (χ1v) is 7.74. The smallest absolute Gasteiger partial charge is 0.195 e. The van der Waals surface area contributed by atoms with E-state index in [1.54, 1.807) is 18.5 Å².